The van der Waals surface area contributed by atoms with E-state index >= 15 is 0 Å². The Balaban J connectivity index is 2.18. The van der Waals surface area contributed by atoms with Crippen molar-refractivity contribution in [2.24, 2.45) is 0 Å². The number of hydrogen-bond donors (Lipinski definition) is 0. The van der Waals surface area contributed by atoms with Gasteiger partial charge in [0.25, 0.3) is 0 Å². The van der Waals surface area contributed by atoms with Crippen molar-refractivity contribution in [3.05, 3.63) is 41.5 Å². The van der Waals surface area contributed by atoms with Gasteiger partial charge in [-0.3, -0.25) is 4.98 Å². The van der Waals surface area contributed by atoms with E-state index < -0.39 is 0 Å². The Morgan fingerprint density at radius 3 is 2.83 bits per heavy atom. The molecule has 1 atom stereocenters. The normalized spacial score (nSPS) is 12.8. The van der Waals surface area contributed by atoms with Crippen LogP contribution in [0, 0.1) is 0 Å². The molecule has 1 aromatic carbocycles. The summed E-state index contributed by atoms with van der Waals surface area (Å²) in [7, 11) is 0. The molecule has 0 fully saturated rings. The molecule has 0 aliphatic heterocycles. The number of hydrogen-bond acceptors (Lipinski definition) is 4. The van der Waals surface area contributed by atoms with E-state index in [1.54, 1.807) is 6.20 Å². The topological polar surface area (TPSA) is 38.7 Å². The molecule has 3 aromatic rings. The van der Waals surface area contributed by atoms with Gasteiger partial charge in [0.1, 0.15) is 10.0 Å². The highest BCUT2D eigenvalue weighted by molar-refractivity contribution is 7.15. The van der Waals surface area contributed by atoms with Crippen LogP contribution in [-0.4, -0.2) is 15.2 Å². The van der Waals surface area contributed by atoms with Crippen LogP contribution in [0.3, 0.4) is 0 Å². The fraction of sp³-hybridized carbons (Fsp3) is 0.154. The predicted octanol–water partition coefficient (Wildman–Crippen LogP) is 4.05. The molecule has 90 valence electrons. The molecule has 0 bridgehead atoms. The average molecular weight is 276 g/mol. The van der Waals surface area contributed by atoms with Gasteiger partial charge in [-0.05, 0) is 19.1 Å². The third-order valence-electron chi connectivity index (χ3n) is 2.66. The molecule has 2 heterocycles. The number of alkyl halides is 1. The Bertz CT molecular complexity index is 688. The molecule has 0 spiro atoms. The first kappa shape index (κ1) is 11.6. The van der Waals surface area contributed by atoms with Gasteiger partial charge in [-0.15, -0.1) is 21.8 Å². The molecule has 18 heavy (non-hydrogen) atoms. The van der Waals surface area contributed by atoms with Crippen molar-refractivity contribution in [3.63, 3.8) is 0 Å². The second-order valence-electron chi connectivity index (χ2n) is 3.94. The van der Waals surface area contributed by atoms with Crippen LogP contribution >= 0.6 is 22.9 Å². The summed E-state index contributed by atoms with van der Waals surface area (Å²) in [6, 6.07) is 9.98. The Hall–Kier alpha value is -1.52. The van der Waals surface area contributed by atoms with Crippen molar-refractivity contribution in [1.29, 1.82) is 0 Å². The monoisotopic (exact) mass is 275 g/mol. The Morgan fingerprint density at radius 2 is 2.06 bits per heavy atom. The van der Waals surface area contributed by atoms with E-state index in [1.807, 2.05) is 37.3 Å². The predicted molar refractivity (Wildman–Crippen MR) is 74.9 cm³/mol. The maximum absolute atomic E-state index is 6.02. The van der Waals surface area contributed by atoms with Crippen LogP contribution in [0.15, 0.2) is 36.5 Å². The molecule has 3 nitrogen and oxygen atoms in total. The van der Waals surface area contributed by atoms with Crippen LogP contribution in [0.25, 0.3) is 21.5 Å². The van der Waals surface area contributed by atoms with Gasteiger partial charge in [-0.1, -0.05) is 29.5 Å². The number of benzene rings is 1. The number of fused-ring (bicyclic) bond motifs is 1. The van der Waals surface area contributed by atoms with Gasteiger partial charge < -0.3 is 0 Å². The molecule has 5 heteroatoms. The second-order valence-corrected chi connectivity index (χ2v) is 5.60. The molecule has 0 amide bonds. The minimum absolute atomic E-state index is 0.107. The minimum atomic E-state index is -0.107. The van der Waals surface area contributed by atoms with Gasteiger partial charge in [0.15, 0.2) is 0 Å². The third-order valence-corrected chi connectivity index (χ3v) is 4.13. The molecule has 0 aliphatic rings. The van der Waals surface area contributed by atoms with E-state index in [0.717, 1.165) is 26.5 Å². The molecule has 1 unspecified atom stereocenters. The maximum atomic E-state index is 6.02. The number of halogens is 1. The zero-order chi connectivity index (χ0) is 12.5. The zero-order valence-electron chi connectivity index (χ0n) is 9.67. The fourth-order valence-corrected chi connectivity index (χ4v) is 2.78. The van der Waals surface area contributed by atoms with E-state index in [1.165, 1.54) is 11.3 Å². The van der Waals surface area contributed by atoms with Crippen molar-refractivity contribution < 1.29 is 0 Å². The third kappa shape index (κ3) is 1.98. The van der Waals surface area contributed by atoms with Crippen LogP contribution in [-0.2, 0) is 0 Å². The summed E-state index contributed by atoms with van der Waals surface area (Å²) in [5.74, 6) is 0. The molecule has 3 rings (SSSR count). The lowest BCUT2D eigenvalue weighted by atomic mass is 10.1. The summed E-state index contributed by atoms with van der Waals surface area (Å²) in [5.41, 5.74) is 2.02. The van der Waals surface area contributed by atoms with E-state index in [9.17, 15) is 0 Å². The summed E-state index contributed by atoms with van der Waals surface area (Å²) < 4.78 is 0. The number of nitrogens with zero attached hydrogens (tertiary/aromatic N) is 3. The lowest BCUT2D eigenvalue weighted by Crippen LogP contribution is -1.83. The number of rotatable bonds is 2. The minimum Gasteiger partial charge on any atom is -0.256 e. The van der Waals surface area contributed by atoms with Gasteiger partial charge in [-0.25, -0.2) is 0 Å². The Kier molecular flexibility index (Phi) is 2.97. The molecule has 0 N–H and O–H groups in total. The van der Waals surface area contributed by atoms with E-state index in [-0.39, 0.29) is 5.38 Å². The van der Waals surface area contributed by atoms with Gasteiger partial charge in [0.05, 0.1) is 10.9 Å². The average Bonchev–Trinajstić information content (AvgIpc) is 2.87. The lowest BCUT2D eigenvalue weighted by molar-refractivity contribution is 0.963. The van der Waals surface area contributed by atoms with Gasteiger partial charge in [0.2, 0.25) is 0 Å². The summed E-state index contributed by atoms with van der Waals surface area (Å²) in [5, 5.41) is 11.0. The van der Waals surface area contributed by atoms with Crippen molar-refractivity contribution in [1.82, 2.24) is 15.2 Å². The highest BCUT2D eigenvalue weighted by Crippen LogP contribution is 2.32. The van der Waals surface area contributed by atoms with E-state index in [0.29, 0.717) is 0 Å². The van der Waals surface area contributed by atoms with Crippen molar-refractivity contribution in [3.8, 4) is 10.6 Å². The lowest BCUT2D eigenvalue weighted by Gasteiger charge is -2.01. The summed E-state index contributed by atoms with van der Waals surface area (Å²) in [4.78, 5) is 4.34. The van der Waals surface area contributed by atoms with Gasteiger partial charge >= 0.3 is 0 Å². The van der Waals surface area contributed by atoms with Crippen LogP contribution in [0.4, 0.5) is 0 Å². The first-order chi connectivity index (χ1) is 8.75. The maximum Gasteiger partial charge on any atom is 0.148 e. The molecular weight excluding hydrogens is 266 g/mol. The van der Waals surface area contributed by atoms with E-state index in [2.05, 4.69) is 15.2 Å². The van der Waals surface area contributed by atoms with Crippen molar-refractivity contribution in [2.75, 3.05) is 0 Å². The number of aromatic nitrogens is 3. The molecule has 2 aromatic heterocycles. The summed E-state index contributed by atoms with van der Waals surface area (Å²) in [6.45, 7) is 1.90. The first-order valence-electron chi connectivity index (χ1n) is 5.57. The van der Waals surface area contributed by atoms with Crippen LogP contribution in [0.2, 0.25) is 0 Å². The first-order valence-corrected chi connectivity index (χ1v) is 6.82. The molecule has 0 radical (unpaired) electrons. The molecular formula is C13H10ClN3S. The van der Waals surface area contributed by atoms with Crippen LogP contribution in [0.5, 0.6) is 0 Å². The Labute approximate surface area is 113 Å². The summed E-state index contributed by atoms with van der Waals surface area (Å²) >= 11 is 7.54. The summed E-state index contributed by atoms with van der Waals surface area (Å²) in [6.07, 6.45) is 1.79. The SMILES string of the molecule is CC(Cl)c1nnc(-c2cccc3ncccc23)s1. The van der Waals surface area contributed by atoms with Gasteiger partial charge in [0, 0.05) is 17.1 Å². The molecule has 0 saturated carbocycles. The fourth-order valence-electron chi connectivity index (χ4n) is 1.79. The Morgan fingerprint density at radius 1 is 1.17 bits per heavy atom. The quantitative estimate of drug-likeness (QED) is 0.662. The van der Waals surface area contributed by atoms with Crippen LogP contribution < -0.4 is 0 Å². The largest absolute Gasteiger partial charge is 0.256 e. The highest BCUT2D eigenvalue weighted by atomic mass is 35.5. The second kappa shape index (κ2) is 4.63. The standard InChI is InChI=1S/C13H10ClN3S/c1-8(14)12-16-17-13(18-12)10-4-2-6-11-9(10)5-3-7-15-11/h2-8H,1H3. The smallest absolute Gasteiger partial charge is 0.148 e. The van der Waals surface area contributed by atoms with E-state index in [4.69, 9.17) is 11.6 Å². The van der Waals surface area contributed by atoms with Crippen LogP contribution in [0.1, 0.15) is 17.3 Å². The molecule has 0 aliphatic carbocycles. The van der Waals surface area contributed by atoms with Crippen molar-refractivity contribution in [2.45, 2.75) is 12.3 Å². The molecule has 0 saturated heterocycles. The van der Waals surface area contributed by atoms with Gasteiger partial charge in [-0.2, -0.15) is 0 Å². The highest BCUT2D eigenvalue weighted by Gasteiger charge is 2.12. The zero-order valence-corrected chi connectivity index (χ0v) is 11.2. The number of pyridine rings is 1. The van der Waals surface area contributed by atoms with Crippen molar-refractivity contribution >= 4 is 33.8 Å².